The maximum atomic E-state index is 12.5. The highest BCUT2D eigenvalue weighted by molar-refractivity contribution is 9.10. The Labute approximate surface area is 189 Å². The quantitative estimate of drug-likeness (QED) is 0.435. The molecule has 0 saturated heterocycles. The topological polar surface area (TPSA) is 69.0 Å². The molecule has 0 bridgehead atoms. The Kier molecular flexibility index (Phi) is 7.55. The van der Waals surface area contributed by atoms with Crippen LogP contribution in [0.4, 0.5) is 5.69 Å². The average Bonchev–Trinajstić information content (AvgIpc) is 3.10. The van der Waals surface area contributed by atoms with Gasteiger partial charge in [-0.3, -0.25) is 4.79 Å². The molecule has 0 aliphatic heterocycles. The van der Waals surface area contributed by atoms with Crippen molar-refractivity contribution in [2.75, 3.05) is 11.1 Å². The van der Waals surface area contributed by atoms with Crippen molar-refractivity contribution >= 4 is 39.3 Å². The van der Waals surface area contributed by atoms with Gasteiger partial charge < -0.3 is 14.6 Å². The Morgan fingerprint density at radius 2 is 1.83 bits per heavy atom. The van der Waals surface area contributed by atoms with Gasteiger partial charge in [-0.2, -0.15) is 0 Å². The number of aryl methyl sites for hydroxylation is 3. The maximum Gasteiger partial charge on any atom is 0.234 e. The van der Waals surface area contributed by atoms with Crippen molar-refractivity contribution in [2.24, 2.45) is 0 Å². The maximum absolute atomic E-state index is 12.5. The lowest BCUT2D eigenvalue weighted by Crippen LogP contribution is -2.16. The molecule has 0 spiro atoms. The highest BCUT2D eigenvalue weighted by atomic mass is 79.9. The van der Waals surface area contributed by atoms with Gasteiger partial charge in [0.05, 0.1) is 5.75 Å². The molecule has 158 valence electrons. The number of carbonyl (C=O) groups excluding carboxylic acids is 1. The van der Waals surface area contributed by atoms with Crippen molar-refractivity contribution < 1.29 is 9.53 Å². The van der Waals surface area contributed by atoms with Gasteiger partial charge in [-0.25, -0.2) is 0 Å². The molecule has 30 heavy (non-hydrogen) atoms. The second kappa shape index (κ2) is 10.1. The number of anilines is 1. The molecule has 0 fully saturated rings. The van der Waals surface area contributed by atoms with Crippen LogP contribution in [-0.4, -0.2) is 26.4 Å². The van der Waals surface area contributed by atoms with Crippen LogP contribution < -0.4 is 10.1 Å². The number of amides is 1. The predicted octanol–water partition coefficient (Wildman–Crippen LogP) is 5.30. The number of halogens is 1. The third-order valence-corrected chi connectivity index (χ3v) is 6.08. The lowest BCUT2D eigenvalue weighted by atomic mass is 10.1. The van der Waals surface area contributed by atoms with Crippen LogP contribution in [0, 0.1) is 20.8 Å². The van der Waals surface area contributed by atoms with Crippen molar-refractivity contribution in [3.8, 4) is 5.75 Å². The number of hydrogen-bond acceptors (Lipinski definition) is 5. The number of rotatable bonds is 8. The molecule has 1 aromatic heterocycles. The van der Waals surface area contributed by atoms with E-state index >= 15 is 0 Å². The molecule has 0 atom stereocenters. The minimum absolute atomic E-state index is 0.0723. The van der Waals surface area contributed by atoms with Crippen molar-refractivity contribution in [3.05, 3.63) is 63.4 Å². The molecule has 0 radical (unpaired) electrons. The number of hydrogen-bond donors (Lipinski definition) is 1. The first-order valence-corrected chi connectivity index (χ1v) is 11.5. The fraction of sp³-hybridized carbons (Fsp3) is 0.318. The van der Waals surface area contributed by atoms with E-state index in [0.29, 0.717) is 18.3 Å². The Morgan fingerprint density at radius 3 is 2.50 bits per heavy atom. The molecule has 1 amide bonds. The minimum atomic E-state index is -0.0723. The predicted molar refractivity (Wildman–Crippen MR) is 124 cm³/mol. The van der Waals surface area contributed by atoms with Gasteiger partial charge in [-0.1, -0.05) is 45.9 Å². The van der Waals surface area contributed by atoms with Crippen LogP contribution in [0.1, 0.15) is 29.4 Å². The third kappa shape index (κ3) is 5.43. The number of benzene rings is 2. The van der Waals surface area contributed by atoms with Gasteiger partial charge in [-0.15, -0.1) is 10.2 Å². The fourth-order valence-corrected chi connectivity index (χ4v) is 4.63. The van der Waals surface area contributed by atoms with E-state index in [-0.39, 0.29) is 11.7 Å². The molecule has 3 rings (SSSR count). The summed E-state index contributed by atoms with van der Waals surface area (Å²) in [5.74, 6) is 1.75. The molecule has 0 aliphatic carbocycles. The standard InChI is InChI=1S/C22H25BrN4O2S/c1-5-27-19(12-29-18-9-7-6-8-14(18)2)25-26-22(27)30-13-20(28)24-21-15(3)10-17(23)11-16(21)4/h6-11H,5,12-13H2,1-4H3,(H,24,28). The van der Waals surface area contributed by atoms with E-state index in [4.69, 9.17) is 4.74 Å². The van der Waals surface area contributed by atoms with Gasteiger partial charge in [0.25, 0.3) is 0 Å². The van der Waals surface area contributed by atoms with Crippen LogP contribution in [0.3, 0.4) is 0 Å². The molecule has 6 nitrogen and oxygen atoms in total. The molecule has 0 saturated carbocycles. The van der Waals surface area contributed by atoms with E-state index in [9.17, 15) is 4.79 Å². The summed E-state index contributed by atoms with van der Waals surface area (Å²) < 4.78 is 8.88. The number of ether oxygens (including phenoxy) is 1. The van der Waals surface area contributed by atoms with Crippen LogP contribution in [0.2, 0.25) is 0 Å². The fourth-order valence-electron chi connectivity index (χ4n) is 3.12. The summed E-state index contributed by atoms with van der Waals surface area (Å²) in [6.07, 6.45) is 0. The average molecular weight is 489 g/mol. The second-order valence-electron chi connectivity index (χ2n) is 6.95. The first kappa shape index (κ1) is 22.4. The van der Waals surface area contributed by atoms with Crippen LogP contribution in [0.25, 0.3) is 0 Å². The van der Waals surface area contributed by atoms with Gasteiger partial charge in [0, 0.05) is 16.7 Å². The molecular weight excluding hydrogens is 464 g/mol. The smallest absolute Gasteiger partial charge is 0.234 e. The van der Waals surface area contributed by atoms with Crippen molar-refractivity contribution in [3.63, 3.8) is 0 Å². The lowest BCUT2D eigenvalue weighted by molar-refractivity contribution is -0.113. The number of thioether (sulfide) groups is 1. The SMILES string of the molecule is CCn1c(COc2ccccc2C)nnc1SCC(=O)Nc1c(C)cc(Br)cc1C. The summed E-state index contributed by atoms with van der Waals surface area (Å²) >= 11 is 4.85. The highest BCUT2D eigenvalue weighted by Gasteiger charge is 2.15. The number of carbonyl (C=O) groups is 1. The van der Waals surface area contributed by atoms with Crippen molar-refractivity contribution in [2.45, 2.75) is 46.0 Å². The summed E-state index contributed by atoms with van der Waals surface area (Å²) in [6, 6.07) is 11.9. The van der Waals surface area contributed by atoms with Crippen LogP contribution in [-0.2, 0) is 17.9 Å². The Balaban J connectivity index is 1.62. The van der Waals surface area contributed by atoms with E-state index < -0.39 is 0 Å². The number of aromatic nitrogens is 3. The molecular formula is C22H25BrN4O2S. The third-order valence-electron chi connectivity index (χ3n) is 4.65. The van der Waals surface area contributed by atoms with Gasteiger partial charge in [0.2, 0.25) is 5.91 Å². The zero-order valence-electron chi connectivity index (χ0n) is 17.5. The normalized spacial score (nSPS) is 10.8. The summed E-state index contributed by atoms with van der Waals surface area (Å²) in [4.78, 5) is 12.5. The van der Waals surface area contributed by atoms with Crippen LogP contribution in [0.15, 0.2) is 46.0 Å². The molecule has 1 N–H and O–H groups in total. The Morgan fingerprint density at radius 1 is 1.13 bits per heavy atom. The molecule has 1 heterocycles. The zero-order valence-corrected chi connectivity index (χ0v) is 19.9. The number of nitrogens with zero attached hydrogens (tertiary/aromatic N) is 3. The van der Waals surface area contributed by atoms with E-state index in [2.05, 4.69) is 31.4 Å². The van der Waals surface area contributed by atoms with Gasteiger partial charge in [0.15, 0.2) is 11.0 Å². The molecule has 2 aromatic carbocycles. The molecule has 0 unspecified atom stereocenters. The summed E-state index contributed by atoms with van der Waals surface area (Å²) in [6.45, 7) is 9.03. The summed E-state index contributed by atoms with van der Waals surface area (Å²) in [5.41, 5.74) is 3.97. The van der Waals surface area contributed by atoms with E-state index in [1.165, 1.54) is 11.8 Å². The lowest BCUT2D eigenvalue weighted by Gasteiger charge is -2.12. The van der Waals surface area contributed by atoms with Crippen LogP contribution >= 0.6 is 27.7 Å². The monoisotopic (exact) mass is 488 g/mol. The highest BCUT2D eigenvalue weighted by Crippen LogP contribution is 2.26. The first-order valence-electron chi connectivity index (χ1n) is 9.69. The van der Waals surface area contributed by atoms with Crippen molar-refractivity contribution in [1.82, 2.24) is 14.8 Å². The largest absolute Gasteiger partial charge is 0.485 e. The Hall–Kier alpha value is -2.32. The molecule has 0 aliphatic rings. The second-order valence-corrected chi connectivity index (χ2v) is 8.81. The summed E-state index contributed by atoms with van der Waals surface area (Å²) in [5, 5.41) is 12.2. The Bertz CT molecular complexity index is 1030. The van der Waals surface area contributed by atoms with Crippen LogP contribution in [0.5, 0.6) is 5.75 Å². The van der Waals surface area contributed by atoms with Gasteiger partial charge >= 0.3 is 0 Å². The zero-order chi connectivity index (χ0) is 21.7. The van der Waals surface area contributed by atoms with Gasteiger partial charge in [-0.05, 0) is 62.6 Å². The molecule has 8 heteroatoms. The van der Waals surface area contributed by atoms with Gasteiger partial charge in [0.1, 0.15) is 12.4 Å². The van der Waals surface area contributed by atoms with Crippen molar-refractivity contribution in [1.29, 1.82) is 0 Å². The van der Waals surface area contributed by atoms with E-state index in [1.54, 1.807) is 0 Å². The number of para-hydroxylation sites is 1. The number of nitrogens with one attached hydrogen (secondary N) is 1. The molecule has 3 aromatic rings. The van der Waals surface area contributed by atoms with E-state index in [1.807, 2.05) is 68.7 Å². The summed E-state index contributed by atoms with van der Waals surface area (Å²) in [7, 11) is 0. The first-order chi connectivity index (χ1) is 14.4. The van der Waals surface area contributed by atoms with E-state index in [0.717, 1.165) is 38.4 Å². The minimum Gasteiger partial charge on any atom is -0.485 e.